The molecule has 0 amide bonds. The lowest BCUT2D eigenvalue weighted by Crippen LogP contribution is -2.10. The van der Waals surface area contributed by atoms with Crippen molar-refractivity contribution in [2.75, 3.05) is 14.1 Å². The predicted molar refractivity (Wildman–Crippen MR) is 55.1 cm³/mol. The van der Waals surface area contributed by atoms with E-state index in [4.69, 9.17) is 5.26 Å². The SMILES string of the molecule is CC#N.CN(C)Cc1ccccc1. The molecule has 0 unspecified atom stereocenters. The van der Waals surface area contributed by atoms with Crippen molar-refractivity contribution < 1.29 is 0 Å². The van der Waals surface area contributed by atoms with Gasteiger partial charge in [-0.25, -0.2) is 0 Å². The van der Waals surface area contributed by atoms with Crippen molar-refractivity contribution in [3.63, 3.8) is 0 Å². The molecule has 0 saturated heterocycles. The Morgan fingerprint density at radius 3 is 2.08 bits per heavy atom. The van der Waals surface area contributed by atoms with Crippen LogP contribution in [0.15, 0.2) is 30.3 Å². The van der Waals surface area contributed by atoms with Crippen molar-refractivity contribution in [2.45, 2.75) is 13.5 Å². The second-order valence-corrected chi connectivity index (χ2v) is 2.95. The summed E-state index contributed by atoms with van der Waals surface area (Å²) in [5.41, 5.74) is 1.37. The summed E-state index contributed by atoms with van der Waals surface area (Å²) >= 11 is 0. The molecule has 0 radical (unpaired) electrons. The number of nitriles is 1. The summed E-state index contributed by atoms with van der Waals surface area (Å²) in [6.07, 6.45) is 0. The lowest BCUT2D eigenvalue weighted by atomic mass is 10.2. The average molecular weight is 176 g/mol. The van der Waals surface area contributed by atoms with Crippen LogP contribution in [0, 0.1) is 11.3 Å². The standard InChI is InChI=1S/C9H13N.C2H3N/c1-10(2)8-9-6-4-3-5-7-9;1-2-3/h3-7H,8H2,1-2H3;1H3. The summed E-state index contributed by atoms with van der Waals surface area (Å²) in [5.74, 6) is 0. The van der Waals surface area contributed by atoms with Crippen LogP contribution < -0.4 is 0 Å². The highest BCUT2D eigenvalue weighted by molar-refractivity contribution is 5.14. The van der Waals surface area contributed by atoms with Gasteiger partial charge in [-0.2, -0.15) is 5.26 Å². The highest BCUT2D eigenvalue weighted by Gasteiger charge is 1.90. The summed E-state index contributed by atoms with van der Waals surface area (Å²) in [6, 6.07) is 12.2. The smallest absolute Gasteiger partial charge is 0.0587 e. The highest BCUT2D eigenvalue weighted by Crippen LogP contribution is 1.99. The lowest BCUT2D eigenvalue weighted by Gasteiger charge is -2.08. The molecule has 0 bridgehead atoms. The zero-order valence-corrected chi connectivity index (χ0v) is 8.49. The van der Waals surface area contributed by atoms with E-state index in [9.17, 15) is 0 Å². The van der Waals surface area contributed by atoms with Crippen molar-refractivity contribution in [3.05, 3.63) is 35.9 Å². The minimum atomic E-state index is 1.03. The summed E-state index contributed by atoms with van der Waals surface area (Å²) in [4.78, 5) is 2.16. The molecule has 0 aromatic heterocycles. The lowest BCUT2D eigenvalue weighted by molar-refractivity contribution is 0.402. The summed E-state index contributed by atoms with van der Waals surface area (Å²) in [6.45, 7) is 2.46. The maximum atomic E-state index is 7.32. The van der Waals surface area contributed by atoms with E-state index < -0.39 is 0 Å². The molecule has 1 rings (SSSR count). The minimum absolute atomic E-state index is 1.03. The number of hydrogen-bond acceptors (Lipinski definition) is 2. The summed E-state index contributed by atoms with van der Waals surface area (Å²) in [5, 5.41) is 7.32. The fourth-order valence-electron chi connectivity index (χ4n) is 0.949. The molecule has 13 heavy (non-hydrogen) atoms. The predicted octanol–water partition coefficient (Wildman–Crippen LogP) is 2.28. The minimum Gasteiger partial charge on any atom is -0.305 e. The molecular formula is C11H16N2. The number of benzene rings is 1. The third-order valence-corrected chi connectivity index (χ3v) is 1.34. The molecule has 0 fully saturated rings. The highest BCUT2D eigenvalue weighted by atomic mass is 15.0. The Bertz CT molecular complexity index is 247. The van der Waals surface area contributed by atoms with Crippen LogP contribution in [0.4, 0.5) is 0 Å². The summed E-state index contributed by atoms with van der Waals surface area (Å²) < 4.78 is 0. The molecule has 0 heterocycles. The van der Waals surface area contributed by atoms with Crippen LogP contribution in [0.3, 0.4) is 0 Å². The summed E-state index contributed by atoms with van der Waals surface area (Å²) in [7, 11) is 4.15. The maximum absolute atomic E-state index is 7.32. The molecule has 0 atom stereocenters. The molecule has 0 spiro atoms. The van der Waals surface area contributed by atoms with Crippen molar-refractivity contribution in [1.82, 2.24) is 4.90 Å². The van der Waals surface area contributed by atoms with E-state index in [0.717, 1.165) is 6.54 Å². The number of hydrogen-bond donors (Lipinski definition) is 0. The van der Waals surface area contributed by atoms with Gasteiger partial charge >= 0.3 is 0 Å². The number of nitrogens with zero attached hydrogens (tertiary/aromatic N) is 2. The molecule has 2 nitrogen and oxygen atoms in total. The first-order valence-electron chi connectivity index (χ1n) is 4.20. The van der Waals surface area contributed by atoms with Gasteiger partial charge in [-0.1, -0.05) is 30.3 Å². The van der Waals surface area contributed by atoms with Gasteiger partial charge < -0.3 is 4.90 Å². The van der Waals surface area contributed by atoms with Crippen LogP contribution >= 0.6 is 0 Å². The zero-order chi connectivity index (χ0) is 10.1. The van der Waals surface area contributed by atoms with Gasteiger partial charge in [0, 0.05) is 13.5 Å². The second kappa shape index (κ2) is 7.33. The van der Waals surface area contributed by atoms with E-state index >= 15 is 0 Å². The third-order valence-electron chi connectivity index (χ3n) is 1.34. The first-order chi connectivity index (χ1) is 6.20. The fourth-order valence-corrected chi connectivity index (χ4v) is 0.949. The Balaban J connectivity index is 0.000000424. The molecular weight excluding hydrogens is 160 g/mol. The van der Waals surface area contributed by atoms with Gasteiger partial charge in [0.25, 0.3) is 0 Å². The maximum Gasteiger partial charge on any atom is 0.0587 e. The molecule has 70 valence electrons. The van der Waals surface area contributed by atoms with Crippen LogP contribution in [0.5, 0.6) is 0 Å². The second-order valence-electron chi connectivity index (χ2n) is 2.95. The van der Waals surface area contributed by atoms with E-state index in [1.54, 1.807) is 6.07 Å². The van der Waals surface area contributed by atoms with Gasteiger partial charge in [-0.05, 0) is 19.7 Å². The van der Waals surface area contributed by atoms with Gasteiger partial charge in [0.15, 0.2) is 0 Å². The molecule has 1 aromatic rings. The van der Waals surface area contributed by atoms with Crippen LogP contribution in [-0.2, 0) is 6.54 Å². The van der Waals surface area contributed by atoms with Crippen LogP contribution in [0.1, 0.15) is 12.5 Å². The largest absolute Gasteiger partial charge is 0.305 e. The van der Waals surface area contributed by atoms with Crippen molar-refractivity contribution >= 4 is 0 Å². The normalized spacial score (nSPS) is 8.54. The molecule has 0 aliphatic heterocycles. The molecule has 0 aliphatic carbocycles. The number of rotatable bonds is 2. The third kappa shape index (κ3) is 7.04. The molecule has 0 N–H and O–H groups in total. The van der Waals surface area contributed by atoms with Crippen molar-refractivity contribution in [3.8, 4) is 6.07 Å². The Morgan fingerprint density at radius 2 is 1.69 bits per heavy atom. The molecule has 2 heteroatoms. The van der Waals surface area contributed by atoms with E-state index in [1.165, 1.54) is 12.5 Å². The van der Waals surface area contributed by atoms with E-state index in [0.29, 0.717) is 0 Å². The van der Waals surface area contributed by atoms with E-state index in [1.807, 2.05) is 6.07 Å². The zero-order valence-electron chi connectivity index (χ0n) is 8.49. The van der Waals surface area contributed by atoms with Gasteiger partial charge in [0.1, 0.15) is 0 Å². The first kappa shape index (κ1) is 11.7. The molecule has 1 aromatic carbocycles. The van der Waals surface area contributed by atoms with Crippen molar-refractivity contribution in [1.29, 1.82) is 5.26 Å². The quantitative estimate of drug-likeness (QED) is 0.691. The van der Waals surface area contributed by atoms with Crippen LogP contribution in [0.25, 0.3) is 0 Å². The van der Waals surface area contributed by atoms with Gasteiger partial charge in [-0.15, -0.1) is 0 Å². The Kier molecular flexibility index (Phi) is 6.58. The van der Waals surface area contributed by atoms with Crippen molar-refractivity contribution in [2.24, 2.45) is 0 Å². The first-order valence-corrected chi connectivity index (χ1v) is 4.20. The Labute approximate surface area is 80.4 Å². The average Bonchev–Trinajstić information content (AvgIpc) is 2.06. The van der Waals surface area contributed by atoms with E-state index in [-0.39, 0.29) is 0 Å². The Morgan fingerprint density at radius 1 is 1.23 bits per heavy atom. The monoisotopic (exact) mass is 176 g/mol. The molecule has 0 saturated carbocycles. The van der Waals surface area contributed by atoms with Crippen LogP contribution in [0.2, 0.25) is 0 Å². The van der Waals surface area contributed by atoms with E-state index in [2.05, 4.69) is 43.3 Å². The molecule has 0 aliphatic rings. The van der Waals surface area contributed by atoms with Gasteiger partial charge in [-0.3, -0.25) is 0 Å². The van der Waals surface area contributed by atoms with Gasteiger partial charge in [0.2, 0.25) is 0 Å². The topological polar surface area (TPSA) is 27.0 Å². The fraction of sp³-hybridized carbons (Fsp3) is 0.364. The van der Waals surface area contributed by atoms with Gasteiger partial charge in [0.05, 0.1) is 6.07 Å². The van der Waals surface area contributed by atoms with Crippen LogP contribution in [-0.4, -0.2) is 19.0 Å². The Hall–Kier alpha value is -1.33.